The molecular weight excluding hydrogens is 208 g/mol. The molecule has 90 valence electrons. The van der Waals surface area contributed by atoms with Gasteiger partial charge in [-0.3, -0.25) is 14.5 Å². The molecule has 1 amide bonds. The molecule has 16 heavy (non-hydrogen) atoms. The lowest BCUT2D eigenvalue weighted by Gasteiger charge is -2.20. The average molecular weight is 226 g/mol. The first-order valence-corrected chi connectivity index (χ1v) is 5.90. The predicted molar refractivity (Wildman–Crippen MR) is 58.0 cm³/mol. The molecule has 0 spiro atoms. The Labute approximate surface area is 95.0 Å². The minimum absolute atomic E-state index is 0.156. The second kappa shape index (κ2) is 4.82. The minimum atomic E-state index is -0.740. The molecule has 0 bridgehead atoms. The number of hydrogen-bond donors (Lipinski definition) is 1. The van der Waals surface area contributed by atoms with Crippen LogP contribution in [0, 0.1) is 5.92 Å². The van der Waals surface area contributed by atoms with E-state index < -0.39 is 5.97 Å². The SMILES string of the molecule is O=C(O)[C@@H]1CCN(CC(=O)N2CCCC2)C1. The number of likely N-dealkylation sites (tertiary alicyclic amines) is 2. The normalized spacial score (nSPS) is 26.2. The average Bonchev–Trinajstić information content (AvgIpc) is 2.87. The van der Waals surface area contributed by atoms with E-state index in [1.807, 2.05) is 9.80 Å². The molecule has 0 aromatic heterocycles. The van der Waals surface area contributed by atoms with E-state index in [1.54, 1.807) is 0 Å². The van der Waals surface area contributed by atoms with Gasteiger partial charge in [0.1, 0.15) is 0 Å². The number of carbonyl (C=O) groups excluding carboxylic acids is 1. The van der Waals surface area contributed by atoms with Crippen LogP contribution in [-0.2, 0) is 9.59 Å². The Hall–Kier alpha value is -1.10. The first-order valence-electron chi connectivity index (χ1n) is 5.90. The van der Waals surface area contributed by atoms with Gasteiger partial charge in [-0.15, -0.1) is 0 Å². The highest BCUT2D eigenvalue weighted by Crippen LogP contribution is 2.17. The fraction of sp³-hybridized carbons (Fsp3) is 0.818. The number of amides is 1. The summed E-state index contributed by atoms with van der Waals surface area (Å²) < 4.78 is 0. The number of carboxylic acids is 1. The zero-order valence-corrected chi connectivity index (χ0v) is 9.39. The van der Waals surface area contributed by atoms with E-state index in [0.29, 0.717) is 19.5 Å². The van der Waals surface area contributed by atoms with E-state index >= 15 is 0 Å². The highest BCUT2D eigenvalue weighted by molar-refractivity contribution is 5.78. The van der Waals surface area contributed by atoms with Crippen molar-refractivity contribution < 1.29 is 14.7 Å². The Morgan fingerprint density at radius 2 is 1.88 bits per heavy atom. The molecule has 0 aliphatic carbocycles. The minimum Gasteiger partial charge on any atom is -0.481 e. The third-order valence-corrected chi connectivity index (χ3v) is 3.44. The van der Waals surface area contributed by atoms with Crippen LogP contribution in [0.25, 0.3) is 0 Å². The molecule has 2 aliphatic rings. The Kier molecular flexibility index (Phi) is 3.43. The van der Waals surface area contributed by atoms with E-state index in [9.17, 15) is 9.59 Å². The van der Waals surface area contributed by atoms with Crippen molar-refractivity contribution in [2.24, 2.45) is 5.92 Å². The molecule has 5 heteroatoms. The maximum atomic E-state index is 11.8. The lowest BCUT2D eigenvalue weighted by Crippen LogP contribution is -2.38. The van der Waals surface area contributed by atoms with E-state index in [4.69, 9.17) is 5.11 Å². The van der Waals surface area contributed by atoms with Gasteiger partial charge in [0, 0.05) is 19.6 Å². The molecule has 2 aliphatic heterocycles. The zero-order chi connectivity index (χ0) is 11.5. The molecule has 1 N–H and O–H groups in total. The van der Waals surface area contributed by atoms with Crippen LogP contribution in [0.2, 0.25) is 0 Å². The van der Waals surface area contributed by atoms with Gasteiger partial charge in [-0.1, -0.05) is 0 Å². The summed E-state index contributed by atoms with van der Waals surface area (Å²) in [6, 6.07) is 0. The van der Waals surface area contributed by atoms with Gasteiger partial charge in [-0.05, 0) is 25.8 Å². The van der Waals surface area contributed by atoms with Gasteiger partial charge in [-0.2, -0.15) is 0 Å². The molecule has 0 radical (unpaired) electrons. The topological polar surface area (TPSA) is 60.9 Å². The molecular formula is C11H18N2O3. The molecule has 2 heterocycles. The van der Waals surface area contributed by atoms with Crippen LogP contribution in [0.15, 0.2) is 0 Å². The maximum absolute atomic E-state index is 11.8. The van der Waals surface area contributed by atoms with Gasteiger partial charge < -0.3 is 10.0 Å². The molecule has 0 aromatic rings. The largest absolute Gasteiger partial charge is 0.481 e. The number of nitrogens with zero attached hydrogens (tertiary/aromatic N) is 2. The molecule has 0 aromatic carbocycles. The summed E-state index contributed by atoms with van der Waals surface area (Å²) in [5.74, 6) is -0.869. The van der Waals surface area contributed by atoms with Crippen LogP contribution in [0.4, 0.5) is 0 Å². The lowest BCUT2D eigenvalue weighted by molar-refractivity contribution is -0.141. The lowest BCUT2D eigenvalue weighted by atomic mass is 10.1. The van der Waals surface area contributed by atoms with Gasteiger partial charge >= 0.3 is 5.97 Å². The van der Waals surface area contributed by atoms with Gasteiger partial charge in [0.25, 0.3) is 0 Å². The second-order valence-electron chi connectivity index (χ2n) is 4.65. The molecule has 0 saturated carbocycles. The van der Waals surface area contributed by atoms with Crippen LogP contribution in [0.1, 0.15) is 19.3 Å². The van der Waals surface area contributed by atoms with Gasteiger partial charge in [-0.25, -0.2) is 0 Å². The molecule has 2 rings (SSSR count). The first-order chi connectivity index (χ1) is 7.66. The number of aliphatic carboxylic acids is 1. The van der Waals surface area contributed by atoms with Crippen molar-refractivity contribution in [3.8, 4) is 0 Å². The summed E-state index contributed by atoms with van der Waals surface area (Å²) in [4.78, 5) is 26.4. The van der Waals surface area contributed by atoms with Crippen molar-refractivity contribution in [2.45, 2.75) is 19.3 Å². The van der Waals surface area contributed by atoms with E-state index in [2.05, 4.69) is 0 Å². The fourth-order valence-electron chi connectivity index (χ4n) is 2.44. The van der Waals surface area contributed by atoms with Gasteiger partial charge in [0.15, 0.2) is 0 Å². The summed E-state index contributed by atoms with van der Waals surface area (Å²) in [6.07, 6.45) is 2.87. The highest BCUT2D eigenvalue weighted by atomic mass is 16.4. The third-order valence-electron chi connectivity index (χ3n) is 3.44. The monoisotopic (exact) mass is 226 g/mol. The predicted octanol–water partition coefficient (Wildman–Crippen LogP) is 0.0153. The fourth-order valence-corrected chi connectivity index (χ4v) is 2.44. The first kappa shape index (κ1) is 11.4. The summed E-state index contributed by atoms with van der Waals surface area (Å²) >= 11 is 0. The Morgan fingerprint density at radius 3 is 2.44 bits per heavy atom. The van der Waals surface area contributed by atoms with Gasteiger partial charge in [0.05, 0.1) is 12.5 Å². The van der Waals surface area contributed by atoms with Crippen molar-refractivity contribution in [1.29, 1.82) is 0 Å². The molecule has 0 unspecified atom stereocenters. The van der Waals surface area contributed by atoms with Crippen LogP contribution in [0.5, 0.6) is 0 Å². The summed E-state index contributed by atoms with van der Waals surface area (Å²) in [5, 5.41) is 8.85. The Bertz CT molecular complexity index is 287. The Balaban J connectivity index is 1.78. The summed E-state index contributed by atoms with van der Waals surface area (Å²) in [7, 11) is 0. The number of carboxylic acid groups (broad SMARTS) is 1. The van der Waals surface area contributed by atoms with Gasteiger partial charge in [0.2, 0.25) is 5.91 Å². The van der Waals surface area contributed by atoms with Crippen LogP contribution < -0.4 is 0 Å². The van der Waals surface area contributed by atoms with Crippen molar-refractivity contribution >= 4 is 11.9 Å². The second-order valence-corrected chi connectivity index (χ2v) is 4.65. The molecule has 5 nitrogen and oxygen atoms in total. The number of rotatable bonds is 3. The molecule has 2 fully saturated rings. The van der Waals surface area contributed by atoms with Crippen molar-refractivity contribution in [2.75, 3.05) is 32.7 Å². The third kappa shape index (κ3) is 2.52. The molecule has 1 atom stereocenters. The van der Waals surface area contributed by atoms with E-state index in [-0.39, 0.29) is 11.8 Å². The van der Waals surface area contributed by atoms with Crippen LogP contribution in [-0.4, -0.2) is 59.5 Å². The number of carbonyl (C=O) groups is 2. The highest BCUT2D eigenvalue weighted by Gasteiger charge is 2.30. The zero-order valence-electron chi connectivity index (χ0n) is 9.39. The standard InChI is InChI=1S/C11H18N2O3/c14-10(13-4-1-2-5-13)8-12-6-3-9(7-12)11(15)16/h9H,1-8H2,(H,15,16)/t9-/m1/s1. The van der Waals surface area contributed by atoms with Crippen LogP contribution >= 0.6 is 0 Å². The smallest absolute Gasteiger partial charge is 0.307 e. The quantitative estimate of drug-likeness (QED) is 0.736. The van der Waals surface area contributed by atoms with Crippen molar-refractivity contribution in [3.05, 3.63) is 0 Å². The maximum Gasteiger partial charge on any atom is 0.307 e. The summed E-state index contributed by atoms with van der Waals surface area (Å²) in [5.41, 5.74) is 0. The van der Waals surface area contributed by atoms with Crippen molar-refractivity contribution in [3.63, 3.8) is 0 Å². The van der Waals surface area contributed by atoms with Crippen molar-refractivity contribution in [1.82, 2.24) is 9.80 Å². The van der Waals surface area contributed by atoms with E-state index in [1.165, 1.54) is 0 Å². The number of hydrogen-bond acceptors (Lipinski definition) is 3. The summed E-state index contributed by atoms with van der Waals surface area (Å²) in [6.45, 7) is 3.39. The van der Waals surface area contributed by atoms with Crippen LogP contribution in [0.3, 0.4) is 0 Å². The van der Waals surface area contributed by atoms with E-state index in [0.717, 1.165) is 32.5 Å². The Morgan fingerprint density at radius 1 is 1.19 bits per heavy atom. The molecule has 2 saturated heterocycles.